The molecule has 1 saturated heterocycles. The van der Waals surface area contributed by atoms with Crippen molar-refractivity contribution in [2.75, 3.05) is 36.0 Å². The molecule has 32 heavy (non-hydrogen) atoms. The van der Waals surface area contributed by atoms with E-state index in [1.165, 1.54) is 37.4 Å². The molecular formula is C25H27FN4O2. The smallest absolute Gasteiger partial charge is 0.230 e. The Bertz CT molecular complexity index is 1050. The third kappa shape index (κ3) is 4.47. The maximum atomic E-state index is 14.2. The summed E-state index contributed by atoms with van der Waals surface area (Å²) in [6.45, 7) is 3.28. The molecule has 5 rings (SSSR count). The van der Waals surface area contributed by atoms with Crippen LogP contribution in [0.2, 0.25) is 0 Å². The highest BCUT2D eigenvalue weighted by Gasteiger charge is 2.22. The predicted molar refractivity (Wildman–Crippen MR) is 123 cm³/mol. The van der Waals surface area contributed by atoms with Crippen LogP contribution in [-0.4, -0.2) is 36.2 Å². The van der Waals surface area contributed by atoms with Gasteiger partial charge in [-0.15, -0.1) is 0 Å². The van der Waals surface area contributed by atoms with Gasteiger partial charge in [0.25, 0.3) is 0 Å². The number of hydrogen-bond acceptors (Lipinski definition) is 6. The third-order valence-corrected chi connectivity index (χ3v) is 5.89. The van der Waals surface area contributed by atoms with Gasteiger partial charge in [-0.1, -0.05) is 25.0 Å². The molecule has 0 spiro atoms. The Hall–Kier alpha value is -3.35. The topological polar surface area (TPSA) is 50.7 Å². The minimum absolute atomic E-state index is 0.249. The molecule has 0 N–H and O–H groups in total. The highest BCUT2D eigenvalue weighted by Crippen LogP contribution is 2.36. The molecule has 0 amide bonds. The van der Waals surface area contributed by atoms with E-state index in [0.29, 0.717) is 30.5 Å². The molecule has 2 aliphatic heterocycles. The highest BCUT2D eigenvalue weighted by atomic mass is 19.1. The Labute approximate surface area is 187 Å². The molecule has 0 aliphatic carbocycles. The van der Waals surface area contributed by atoms with Crippen LogP contribution in [0.1, 0.15) is 32.1 Å². The van der Waals surface area contributed by atoms with E-state index in [9.17, 15) is 4.39 Å². The molecule has 166 valence electrons. The Morgan fingerprint density at radius 3 is 2.44 bits per heavy atom. The minimum atomic E-state index is -0.376. The summed E-state index contributed by atoms with van der Waals surface area (Å²) in [5.41, 5.74) is 1.83. The van der Waals surface area contributed by atoms with Crippen molar-refractivity contribution in [1.29, 1.82) is 0 Å². The lowest BCUT2D eigenvalue weighted by Crippen LogP contribution is -2.23. The quantitative estimate of drug-likeness (QED) is 0.524. The van der Waals surface area contributed by atoms with Crippen molar-refractivity contribution in [3.63, 3.8) is 0 Å². The van der Waals surface area contributed by atoms with E-state index < -0.39 is 0 Å². The average Bonchev–Trinajstić information content (AvgIpc) is 3.22. The number of benzene rings is 2. The fraction of sp³-hybridized carbons (Fsp3) is 0.360. The summed E-state index contributed by atoms with van der Waals surface area (Å²) in [6.07, 6.45) is 9.13. The van der Waals surface area contributed by atoms with E-state index in [4.69, 9.17) is 9.47 Å². The molecule has 2 aromatic carbocycles. The molecule has 1 aromatic heterocycles. The zero-order valence-corrected chi connectivity index (χ0v) is 18.0. The van der Waals surface area contributed by atoms with Crippen molar-refractivity contribution >= 4 is 17.3 Å². The van der Waals surface area contributed by atoms with Crippen molar-refractivity contribution in [1.82, 2.24) is 9.97 Å². The summed E-state index contributed by atoms with van der Waals surface area (Å²) in [5.74, 6) is 1.69. The molecule has 3 heterocycles. The first-order valence-electron chi connectivity index (χ1n) is 11.3. The number of fused-ring (bicyclic) bond motifs is 1. The van der Waals surface area contributed by atoms with Gasteiger partial charge in [-0.25, -0.2) is 14.4 Å². The van der Waals surface area contributed by atoms with Crippen molar-refractivity contribution in [3.05, 3.63) is 60.7 Å². The number of para-hydroxylation sites is 1. The zero-order valence-electron chi connectivity index (χ0n) is 18.0. The number of hydrogen-bond donors (Lipinski definition) is 0. The Morgan fingerprint density at radius 2 is 1.62 bits per heavy atom. The van der Waals surface area contributed by atoms with Crippen LogP contribution in [0.5, 0.6) is 17.2 Å². The molecule has 0 bridgehead atoms. The summed E-state index contributed by atoms with van der Waals surface area (Å²) in [5, 5.41) is 0. The monoisotopic (exact) mass is 434 g/mol. The molecule has 6 nitrogen and oxygen atoms in total. The van der Waals surface area contributed by atoms with Crippen LogP contribution < -0.4 is 19.3 Å². The molecule has 3 aromatic rings. The fourth-order valence-corrected chi connectivity index (χ4v) is 4.29. The molecule has 0 saturated carbocycles. The standard InChI is InChI=1S/C25H27FN4O2/c26-22-10-6-11-23-24(22)31-15-7-14-30(23)25-27-17-21(18-28-25)32-20-9-5-8-19(16-20)29-12-3-1-2-4-13-29/h5-6,8-11,16-18H,1-4,7,12-15H2. The van der Waals surface area contributed by atoms with Gasteiger partial charge in [0.1, 0.15) is 5.75 Å². The summed E-state index contributed by atoms with van der Waals surface area (Å²) in [4.78, 5) is 13.3. The lowest BCUT2D eigenvalue weighted by atomic mass is 10.2. The van der Waals surface area contributed by atoms with E-state index in [-0.39, 0.29) is 11.6 Å². The number of halogens is 1. The van der Waals surface area contributed by atoms with Crippen molar-refractivity contribution in [2.45, 2.75) is 32.1 Å². The maximum Gasteiger partial charge on any atom is 0.230 e. The average molecular weight is 435 g/mol. The number of nitrogens with zero attached hydrogens (tertiary/aromatic N) is 4. The number of anilines is 3. The molecule has 2 aliphatic rings. The van der Waals surface area contributed by atoms with E-state index in [2.05, 4.69) is 27.0 Å². The van der Waals surface area contributed by atoms with E-state index in [1.807, 2.05) is 23.1 Å². The fourth-order valence-electron chi connectivity index (χ4n) is 4.29. The van der Waals surface area contributed by atoms with Crippen LogP contribution in [0.15, 0.2) is 54.9 Å². The third-order valence-electron chi connectivity index (χ3n) is 5.89. The first kappa shape index (κ1) is 20.5. The van der Waals surface area contributed by atoms with Gasteiger partial charge in [0.2, 0.25) is 5.95 Å². The van der Waals surface area contributed by atoms with Gasteiger partial charge in [-0.3, -0.25) is 0 Å². The summed E-state index contributed by atoms with van der Waals surface area (Å²) in [7, 11) is 0. The zero-order chi connectivity index (χ0) is 21.8. The predicted octanol–water partition coefficient (Wildman–Crippen LogP) is 5.71. The normalized spacial score (nSPS) is 16.5. The van der Waals surface area contributed by atoms with E-state index in [1.54, 1.807) is 18.5 Å². The molecule has 7 heteroatoms. The second-order valence-electron chi connectivity index (χ2n) is 8.16. The van der Waals surface area contributed by atoms with Crippen molar-refractivity contribution in [3.8, 4) is 17.2 Å². The maximum absolute atomic E-state index is 14.2. The van der Waals surface area contributed by atoms with Crippen molar-refractivity contribution < 1.29 is 13.9 Å². The SMILES string of the molecule is Fc1cccc2c1OCCCN2c1ncc(Oc2cccc(N3CCCCCC3)c2)cn1. The minimum Gasteiger partial charge on any atom is -0.488 e. The Morgan fingerprint density at radius 1 is 0.844 bits per heavy atom. The molecule has 0 radical (unpaired) electrons. The van der Waals surface area contributed by atoms with Crippen molar-refractivity contribution in [2.24, 2.45) is 0 Å². The van der Waals surface area contributed by atoms with Gasteiger partial charge in [-0.05, 0) is 43.5 Å². The first-order valence-corrected chi connectivity index (χ1v) is 11.3. The number of rotatable bonds is 4. The molecule has 0 atom stereocenters. The van der Waals surface area contributed by atoms with Gasteiger partial charge in [0, 0.05) is 31.4 Å². The lowest BCUT2D eigenvalue weighted by molar-refractivity contribution is 0.307. The largest absolute Gasteiger partial charge is 0.488 e. The summed E-state index contributed by atoms with van der Waals surface area (Å²) in [6, 6.07) is 13.1. The molecule has 0 unspecified atom stereocenters. The van der Waals surface area contributed by atoms with Gasteiger partial charge < -0.3 is 19.3 Å². The van der Waals surface area contributed by atoms with Gasteiger partial charge in [0.05, 0.1) is 24.7 Å². The van der Waals surface area contributed by atoms with E-state index >= 15 is 0 Å². The second kappa shape index (κ2) is 9.42. The van der Waals surface area contributed by atoms with Gasteiger partial charge >= 0.3 is 0 Å². The van der Waals surface area contributed by atoms with E-state index in [0.717, 1.165) is 25.3 Å². The Balaban J connectivity index is 1.33. The highest BCUT2D eigenvalue weighted by molar-refractivity contribution is 5.66. The Kier molecular flexibility index (Phi) is 6.05. The van der Waals surface area contributed by atoms with Gasteiger partial charge in [0.15, 0.2) is 17.3 Å². The van der Waals surface area contributed by atoms with Crippen LogP contribution in [0, 0.1) is 5.82 Å². The van der Waals surface area contributed by atoms with Crippen LogP contribution in [-0.2, 0) is 0 Å². The van der Waals surface area contributed by atoms with Crippen LogP contribution in [0.4, 0.5) is 21.7 Å². The van der Waals surface area contributed by atoms with Gasteiger partial charge in [-0.2, -0.15) is 0 Å². The first-order chi connectivity index (χ1) is 15.8. The number of ether oxygens (including phenoxy) is 2. The van der Waals surface area contributed by atoms with Crippen LogP contribution in [0.25, 0.3) is 0 Å². The molecule has 1 fully saturated rings. The lowest BCUT2D eigenvalue weighted by Gasteiger charge is -2.23. The number of aromatic nitrogens is 2. The van der Waals surface area contributed by atoms with Crippen LogP contribution in [0.3, 0.4) is 0 Å². The second-order valence-corrected chi connectivity index (χ2v) is 8.16. The summed E-state index contributed by atoms with van der Waals surface area (Å²) >= 11 is 0. The summed E-state index contributed by atoms with van der Waals surface area (Å²) < 4.78 is 25.9. The molecular weight excluding hydrogens is 407 g/mol. The van der Waals surface area contributed by atoms with Crippen LogP contribution >= 0.6 is 0 Å².